The summed E-state index contributed by atoms with van der Waals surface area (Å²) < 4.78 is 7.20. The van der Waals surface area contributed by atoms with Crippen molar-refractivity contribution in [3.63, 3.8) is 0 Å². The smallest absolute Gasteiger partial charge is 0.238 e. The minimum absolute atomic E-state index is 0.571. The van der Waals surface area contributed by atoms with E-state index in [2.05, 4.69) is 203 Å². The molecule has 0 spiro atoms. The van der Waals surface area contributed by atoms with Crippen LogP contribution in [0.3, 0.4) is 0 Å². The van der Waals surface area contributed by atoms with Crippen LogP contribution in [0.5, 0.6) is 0 Å². The Bertz CT molecular complexity index is 3900. The number of aromatic nitrogens is 5. The Morgan fingerprint density at radius 2 is 0.905 bits per heavy atom. The van der Waals surface area contributed by atoms with E-state index in [1.54, 1.807) is 11.3 Å². The molecule has 294 valence electrons. The first kappa shape index (κ1) is 35.6. The summed E-state index contributed by atoms with van der Waals surface area (Å²) in [6.07, 6.45) is 0. The molecule has 9 aromatic carbocycles. The van der Waals surface area contributed by atoms with E-state index in [9.17, 15) is 0 Å². The van der Waals surface area contributed by atoms with E-state index >= 15 is 0 Å². The predicted octanol–water partition coefficient (Wildman–Crippen LogP) is 15.1. The first-order valence-electron chi connectivity index (χ1n) is 21.2. The summed E-state index contributed by atoms with van der Waals surface area (Å²) in [5, 5.41) is 7.07. The summed E-state index contributed by atoms with van der Waals surface area (Å²) in [4.78, 5) is 16.0. The second kappa shape index (κ2) is 14.2. The van der Waals surface area contributed by atoms with Gasteiger partial charge < -0.3 is 4.57 Å². The molecule has 13 aromatic rings. The fourth-order valence-electron chi connectivity index (χ4n) is 9.54. The molecule has 0 aliphatic carbocycles. The summed E-state index contributed by atoms with van der Waals surface area (Å²) in [6.45, 7) is 0. The highest BCUT2D eigenvalue weighted by atomic mass is 32.1. The molecule has 0 atom stereocenters. The second-order valence-corrected chi connectivity index (χ2v) is 17.1. The molecule has 6 heteroatoms. The van der Waals surface area contributed by atoms with Crippen LogP contribution in [0.4, 0.5) is 0 Å². The van der Waals surface area contributed by atoms with Crippen LogP contribution in [-0.2, 0) is 0 Å². The molecule has 0 amide bonds. The molecule has 5 nitrogen and oxygen atoms in total. The third kappa shape index (κ3) is 5.66. The average molecular weight is 822 g/mol. The monoisotopic (exact) mass is 821 g/mol. The summed E-state index contributed by atoms with van der Waals surface area (Å²) in [6, 6.07) is 75.7. The highest BCUT2D eigenvalue weighted by molar-refractivity contribution is 7.25. The maximum Gasteiger partial charge on any atom is 0.238 e. The highest BCUT2D eigenvalue weighted by Gasteiger charge is 2.24. The van der Waals surface area contributed by atoms with Crippen molar-refractivity contribution >= 4 is 75.1 Å². The number of fused-ring (bicyclic) bond motifs is 10. The van der Waals surface area contributed by atoms with Gasteiger partial charge in [0.25, 0.3) is 0 Å². The zero-order valence-electron chi connectivity index (χ0n) is 33.9. The van der Waals surface area contributed by atoms with Crippen LogP contribution in [0.25, 0.3) is 120 Å². The lowest BCUT2D eigenvalue weighted by Gasteiger charge is -2.16. The summed E-state index contributed by atoms with van der Waals surface area (Å²) in [5.74, 6) is 1.82. The van der Waals surface area contributed by atoms with Gasteiger partial charge >= 0.3 is 0 Å². The zero-order valence-corrected chi connectivity index (χ0v) is 34.7. The summed E-state index contributed by atoms with van der Waals surface area (Å²) in [7, 11) is 0. The Morgan fingerprint density at radius 1 is 0.333 bits per heavy atom. The van der Waals surface area contributed by atoms with E-state index in [4.69, 9.17) is 15.0 Å². The van der Waals surface area contributed by atoms with Gasteiger partial charge in [-0.25, -0.2) is 4.98 Å². The molecule has 0 radical (unpaired) electrons. The minimum atomic E-state index is 0.571. The van der Waals surface area contributed by atoms with Crippen molar-refractivity contribution < 1.29 is 0 Å². The molecular weight excluding hydrogens is 787 g/mol. The van der Waals surface area contributed by atoms with Crippen LogP contribution in [0.2, 0.25) is 0 Å². The Hall–Kier alpha value is -8.19. The van der Waals surface area contributed by atoms with E-state index in [1.807, 2.05) is 18.2 Å². The molecule has 0 saturated heterocycles. The molecule has 0 N–H and O–H groups in total. The van der Waals surface area contributed by atoms with Gasteiger partial charge in [0.15, 0.2) is 11.6 Å². The first-order chi connectivity index (χ1) is 31.2. The van der Waals surface area contributed by atoms with Gasteiger partial charge in [0.1, 0.15) is 0 Å². The standard InChI is InChI=1S/C57H35N5S/c1-4-16-36(17-5-1)39-28-30-41(37-18-6-2-7-19-37)50(34-39)61-48-26-14-11-24-46(48)53-49(61)33-32-45-42-22-10-13-25-47(42)62(54(45)53)57-59-55(38-20-8-3-9-21-38)58-56(60-57)40-29-31-44-43-23-12-15-27-51(43)63-52(44)35-40/h1-35H. The van der Waals surface area contributed by atoms with Crippen molar-refractivity contribution in [2.24, 2.45) is 0 Å². The van der Waals surface area contributed by atoms with Crippen molar-refractivity contribution in [3.8, 4) is 56.7 Å². The molecular formula is C57H35N5S. The molecule has 4 aromatic heterocycles. The number of nitrogens with zero attached hydrogens (tertiary/aromatic N) is 5. The van der Waals surface area contributed by atoms with Gasteiger partial charge in [-0.05, 0) is 53.1 Å². The third-order valence-corrected chi connectivity index (χ3v) is 13.5. The van der Waals surface area contributed by atoms with Crippen LogP contribution in [-0.4, -0.2) is 24.1 Å². The van der Waals surface area contributed by atoms with Gasteiger partial charge in [-0.3, -0.25) is 4.57 Å². The first-order valence-corrected chi connectivity index (χ1v) is 22.0. The van der Waals surface area contributed by atoms with Crippen LogP contribution in [0.1, 0.15) is 0 Å². The number of hydrogen-bond donors (Lipinski definition) is 0. The fourth-order valence-corrected chi connectivity index (χ4v) is 10.7. The number of hydrogen-bond acceptors (Lipinski definition) is 4. The molecule has 0 aliphatic heterocycles. The number of rotatable bonds is 6. The van der Waals surface area contributed by atoms with E-state index in [0.29, 0.717) is 17.6 Å². The maximum absolute atomic E-state index is 5.42. The lowest BCUT2D eigenvalue weighted by atomic mass is 9.98. The summed E-state index contributed by atoms with van der Waals surface area (Å²) >= 11 is 1.80. The largest absolute Gasteiger partial charge is 0.309 e. The number of thiophene rings is 1. The van der Waals surface area contributed by atoms with Crippen molar-refractivity contribution in [3.05, 3.63) is 212 Å². The van der Waals surface area contributed by atoms with Gasteiger partial charge in [0.05, 0.1) is 27.8 Å². The van der Waals surface area contributed by atoms with Crippen LogP contribution >= 0.6 is 11.3 Å². The molecule has 0 unspecified atom stereocenters. The molecule has 0 fully saturated rings. The van der Waals surface area contributed by atoms with Gasteiger partial charge in [-0.1, -0.05) is 176 Å². The van der Waals surface area contributed by atoms with E-state index in [1.165, 1.54) is 25.7 Å². The van der Waals surface area contributed by atoms with Gasteiger partial charge in [-0.2, -0.15) is 9.97 Å². The van der Waals surface area contributed by atoms with Crippen LogP contribution in [0.15, 0.2) is 212 Å². The van der Waals surface area contributed by atoms with Gasteiger partial charge in [0, 0.05) is 58.4 Å². The Kier molecular flexibility index (Phi) is 8.01. The van der Waals surface area contributed by atoms with E-state index in [-0.39, 0.29) is 0 Å². The van der Waals surface area contributed by atoms with Crippen molar-refractivity contribution in [1.29, 1.82) is 0 Å². The lowest BCUT2D eigenvalue weighted by molar-refractivity contribution is 0.955. The fraction of sp³-hybridized carbons (Fsp3) is 0. The topological polar surface area (TPSA) is 48.5 Å². The molecule has 0 aliphatic rings. The second-order valence-electron chi connectivity index (χ2n) is 16.0. The number of para-hydroxylation sites is 2. The molecule has 0 saturated carbocycles. The molecule has 13 rings (SSSR count). The SMILES string of the molecule is c1ccc(-c2ccc(-c3ccccc3)c(-n3c4ccccc4c4c3ccc3c5ccccc5n(-c5nc(-c6ccccc6)nc(-c6ccc7c(c6)sc6ccccc67)n5)c34)c2)cc1. The van der Waals surface area contributed by atoms with Crippen LogP contribution in [0, 0.1) is 0 Å². The normalized spacial score (nSPS) is 11.8. The van der Waals surface area contributed by atoms with Crippen molar-refractivity contribution in [2.75, 3.05) is 0 Å². The number of benzene rings is 9. The average Bonchev–Trinajstić information content (AvgIpc) is 4.02. The van der Waals surface area contributed by atoms with Gasteiger partial charge in [0.2, 0.25) is 5.95 Å². The quantitative estimate of drug-likeness (QED) is 0.168. The third-order valence-electron chi connectivity index (χ3n) is 12.4. The van der Waals surface area contributed by atoms with Crippen molar-refractivity contribution in [1.82, 2.24) is 24.1 Å². The molecule has 0 bridgehead atoms. The van der Waals surface area contributed by atoms with Crippen LogP contribution < -0.4 is 0 Å². The lowest BCUT2D eigenvalue weighted by Crippen LogP contribution is -2.06. The zero-order chi connectivity index (χ0) is 41.4. The van der Waals surface area contributed by atoms with Crippen molar-refractivity contribution in [2.45, 2.75) is 0 Å². The van der Waals surface area contributed by atoms with E-state index in [0.717, 1.165) is 77.1 Å². The Morgan fingerprint density at radius 3 is 1.67 bits per heavy atom. The molecule has 63 heavy (non-hydrogen) atoms. The molecule has 4 heterocycles. The predicted molar refractivity (Wildman–Crippen MR) is 263 cm³/mol. The highest BCUT2D eigenvalue weighted by Crippen LogP contribution is 2.44. The Labute approximate surface area is 366 Å². The minimum Gasteiger partial charge on any atom is -0.309 e. The Balaban J connectivity index is 1.13. The maximum atomic E-state index is 5.42. The van der Waals surface area contributed by atoms with Gasteiger partial charge in [-0.15, -0.1) is 11.3 Å². The summed E-state index contributed by atoms with van der Waals surface area (Å²) in [5.41, 5.74) is 11.9. The van der Waals surface area contributed by atoms with E-state index < -0.39 is 0 Å².